The number of alkyl halides is 7. The number of thioether (sulfide) groups is 1. The highest BCUT2D eigenvalue weighted by Gasteiger charge is 2.76. The Bertz CT molecular complexity index is 613. The number of benzene rings is 1. The van der Waals surface area contributed by atoms with Gasteiger partial charge in [0.2, 0.25) is 0 Å². The van der Waals surface area contributed by atoms with Crippen LogP contribution in [0, 0.1) is 0 Å². The van der Waals surface area contributed by atoms with Crippen molar-refractivity contribution in [1.82, 2.24) is 0 Å². The summed E-state index contributed by atoms with van der Waals surface area (Å²) in [6.45, 7) is 0. The summed E-state index contributed by atoms with van der Waals surface area (Å²) >= 11 is -0.606. The lowest BCUT2D eigenvalue weighted by Gasteiger charge is -2.26. The third-order valence-electron chi connectivity index (χ3n) is 2.50. The lowest BCUT2D eigenvalue weighted by molar-refractivity contribution is -0.341. The molecule has 1 aromatic carbocycles. The molecule has 0 N–H and O–H groups in total. The van der Waals surface area contributed by atoms with Gasteiger partial charge in [0, 0.05) is 4.90 Å². The number of halogens is 7. The molecular formula is C12H7F7O3S. The predicted octanol–water partition coefficient (Wildman–Crippen LogP) is 3.92. The van der Waals surface area contributed by atoms with Gasteiger partial charge in [-0.15, -0.1) is 0 Å². The van der Waals surface area contributed by atoms with Crippen molar-refractivity contribution in [3.63, 3.8) is 0 Å². The highest BCUT2D eigenvalue weighted by atomic mass is 32.2. The van der Waals surface area contributed by atoms with E-state index >= 15 is 0 Å². The van der Waals surface area contributed by atoms with Crippen molar-refractivity contribution >= 4 is 22.8 Å². The van der Waals surface area contributed by atoms with Crippen LogP contribution in [0.4, 0.5) is 30.7 Å². The van der Waals surface area contributed by atoms with Crippen molar-refractivity contribution in [2.75, 3.05) is 7.11 Å². The highest BCUT2D eigenvalue weighted by molar-refractivity contribution is 8.14. The van der Waals surface area contributed by atoms with Gasteiger partial charge >= 0.3 is 24.0 Å². The molecule has 0 unspecified atom stereocenters. The van der Waals surface area contributed by atoms with Crippen LogP contribution in [-0.2, 0) is 9.53 Å². The van der Waals surface area contributed by atoms with Crippen molar-refractivity contribution in [2.24, 2.45) is 0 Å². The van der Waals surface area contributed by atoms with Gasteiger partial charge in [0.1, 0.15) is 0 Å². The van der Waals surface area contributed by atoms with Gasteiger partial charge in [-0.05, 0) is 23.9 Å². The van der Waals surface area contributed by atoms with Gasteiger partial charge in [0.25, 0.3) is 5.12 Å². The molecule has 0 spiro atoms. The van der Waals surface area contributed by atoms with Gasteiger partial charge in [0.15, 0.2) is 0 Å². The minimum atomic E-state index is -6.62. The van der Waals surface area contributed by atoms with Crippen LogP contribution in [0.3, 0.4) is 0 Å². The molecule has 0 aliphatic rings. The molecule has 1 aromatic rings. The molecule has 0 bridgehead atoms. The van der Waals surface area contributed by atoms with Crippen molar-refractivity contribution in [3.05, 3.63) is 29.8 Å². The van der Waals surface area contributed by atoms with E-state index in [0.717, 1.165) is 19.2 Å². The first-order chi connectivity index (χ1) is 10.4. The van der Waals surface area contributed by atoms with E-state index in [1.165, 1.54) is 12.1 Å². The summed E-state index contributed by atoms with van der Waals surface area (Å²) in [4.78, 5) is 22.1. The van der Waals surface area contributed by atoms with Crippen molar-refractivity contribution in [2.45, 2.75) is 22.9 Å². The molecule has 0 fully saturated rings. The number of methoxy groups -OCH3 is 1. The topological polar surface area (TPSA) is 43.4 Å². The highest BCUT2D eigenvalue weighted by Crippen LogP contribution is 2.49. The first kappa shape index (κ1) is 19.3. The van der Waals surface area contributed by atoms with Crippen molar-refractivity contribution < 1.29 is 45.1 Å². The molecule has 0 heterocycles. The van der Waals surface area contributed by atoms with E-state index in [4.69, 9.17) is 0 Å². The molecule has 0 aliphatic carbocycles. The van der Waals surface area contributed by atoms with Gasteiger partial charge in [-0.3, -0.25) is 4.79 Å². The summed E-state index contributed by atoms with van der Waals surface area (Å²) in [6.07, 6.45) is -6.62. The second-order valence-corrected chi connectivity index (χ2v) is 5.04. The molecule has 128 valence electrons. The number of carbonyl (C=O) groups excluding carboxylic acids is 2. The van der Waals surface area contributed by atoms with E-state index in [1.807, 2.05) is 0 Å². The fourth-order valence-corrected chi connectivity index (χ4v) is 2.17. The Morgan fingerprint density at radius 3 is 2.00 bits per heavy atom. The van der Waals surface area contributed by atoms with Crippen LogP contribution in [-0.4, -0.2) is 36.2 Å². The van der Waals surface area contributed by atoms with Crippen LogP contribution in [0.15, 0.2) is 29.2 Å². The minimum absolute atomic E-state index is 0.431. The molecule has 0 aromatic heterocycles. The molecule has 0 radical (unpaired) electrons. The van der Waals surface area contributed by atoms with Crippen molar-refractivity contribution in [1.29, 1.82) is 0 Å². The molecule has 0 atom stereocenters. The number of rotatable bonds is 4. The Balaban J connectivity index is 3.16. The monoisotopic (exact) mass is 364 g/mol. The van der Waals surface area contributed by atoms with Crippen LogP contribution >= 0.6 is 11.8 Å². The molecule has 23 heavy (non-hydrogen) atoms. The van der Waals surface area contributed by atoms with E-state index in [2.05, 4.69) is 4.74 Å². The van der Waals surface area contributed by atoms with E-state index in [0.29, 0.717) is 0 Å². The lowest BCUT2D eigenvalue weighted by Crippen LogP contribution is -2.55. The molecule has 0 amide bonds. The van der Waals surface area contributed by atoms with Gasteiger partial charge < -0.3 is 4.74 Å². The Kier molecular flexibility index (Phi) is 5.34. The fraction of sp³-hybridized carbons (Fsp3) is 0.333. The van der Waals surface area contributed by atoms with Crippen LogP contribution < -0.4 is 0 Å². The second kappa shape index (κ2) is 6.38. The fourth-order valence-electron chi connectivity index (χ4n) is 1.30. The summed E-state index contributed by atoms with van der Waals surface area (Å²) in [5.74, 6) is -13.6. The van der Waals surface area contributed by atoms with Crippen molar-refractivity contribution in [3.8, 4) is 0 Å². The Hall–Kier alpha value is -1.78. The Morgan fingerprint density at radius 2 is 1.52 bits per heavy atom. The number of esters is 1. The standard InChI is InChI=1S/C12H7F7O3S/c1-22-8(20)6-4-2-3-5-7(6)23-9(21)10(13,14)11(15,16)12(17,18)19/h2-5H,1H3. The zero-order chi connectivity index (χ0) is 18.1. The van der Waals surface area contributed by atoms with Crippen LogP contribution in [0.5, 0.6) is 0 Å². The molecule has 0 aliphatic heterocycles. The third-order valence-corrected chi connectivity index (χ3v) is 3.52. The Morgan fingerprint density at radius 1 is 1.00 bits per heavy atom. The average Bonchev–Trinajstić information content (AvgIpc) is 2.45. The van der Waals surface area contributed by atoms with Gasteiger partial charge in [0.05, 0.1) is 12.7 Å². The normalized spacial score (nSPS) is 12.9. The number of carbonyl (C=O) groups is 2. The second-order valence-electron chi connectivity index (χ2n) is 4.02. The SMILES string of the molecule is COC(=O)c1ccccc1SC(=O)C(F)(F)C(F)(F)C(F)(F)F. The molecule has 11 heteroatoms. The maximum atomic E-state index is 13.2. The maximum absolute atomic E-state index is 13.2. The van der Waals surface area contributed by atoms with Gasteiger partial charge in [-0.2, -0.15) is 30.7 Å². The zero-order valence-corrected chi connectivity index (χ0v) is 11.9. The first-order valence-corrected chi connectivity index (χ1v) is 6.40. The van der Waals surface area contributed by atoms with E-state index in [-0.39, 0.29) is 0 Å². The smallest absolute Gasteiger partial charge is 0.460 e. The van der Waals surface area contributed by atoms with Gasteiger partial charge in [-0.25, -0.2) is 4.79 Å². The van der Waals surface area contributed by atoms with Gasteiger partial charge in [-0.1, -0.05) is 12.1 Å². The lowest BCUT2D eigenvalue weighted by atomic mass is 10.2. The zero-order valence-electron chi connectivity index (χ0n) is 11.1. The first-order valence-electron chi connectivity index (χ1n) is 5.58. The van der Waals surface area contributed by atoms with Crippen LogP contribution in [0.25, 0.3) is 0 Å². The molecular weight excluding hydrogens is 357 g/mol. The van der Waals surface area contributed by atoms with E-state index in [9.17, 15) is 40.3 Å². The Labute approximate surface area is 128 Å². The molecule has 0 saturated carbocycles. The predicted molar refractivity (Wildman–Crippen MR) is 64.6 cm³/mol. The van der Waals surface area contributed by atoms with Crippen LogP contribution in [0.2, 0.25) is 0 Å². The molecule has 3 nitrogen and oxygen atoms in total. The summed E-state index contributed by atoms with van der Waals surface area (Å²) < 4.78 is 92.4. The largest absolute Gasteiger partial charge is 0.465 e. The summed E-state index contributed by atoms with van der Waals surface area (Å²) in [5, 5.41) is -2.75. The maximum Gasteiger partial charge on any atom is 0.460 e. The molecule has 1 rings (SSSR count). The quantitative estimate of drug-likeness (QED) is 0.461. The minimum Gasteiger partial charge on any atom is -0.465 e. The summed E-state index contributed by atoms with van der Waals surface area (Å²) in [6, 6.07) is 4.38. The van der Waals surface area contributed by atoms with E-state index < -0.39 is 51.3 Å². The summed E-state index contributed by atoms with van der Waals surface area (Å²) in [5.41, 5.74) is -0.431. The summed E-state index contributed by atoms with van der Waals surface area (Å²) in [7, 11) is 0.929. The third kappa shape index (κ3) is 3.59. The number of ether oxygens (including phenoxy) is 1. The number of hydrogen-bond donors (Lipinski definition) is 0. The number of hydrogen-bond acceptors (Lipinski definition) is 4. The van der Waals surface area contributed by atoms with E-state index in [1.54, 1.807) is 0 Å². The van der Waals surface area contributed by atoms with Crippen LogP contribution in [0.1, 0.15) is 10.4 Å². The average molecular weight is 364 g/mol. The molecule has 0 saturated heterocycles.